The predicted molar refractivity (Wildman–Crippen MR) is 96.2 cm³/mol. The average molecular weight is 373 g/mol. The molecule has 24 heavy (non-hydrogen) atoms. The van der Waals surface area contributed by atoms with E-state index in [9.17, 15) is 13.2 Å². The van der Waals surface area contributed by atoms with Crippen molar-refractivity contribution in [2.75, 3.05) is 37.5 Å². The van der Waals surface area contributed by atoms with Gasteiger partial charge in [-0.2, -0.15) is 0 Å². The van der Waals surface area contributed by atoms with Crippen molar-refractivity contribution < 1.29 is 17.9 Å². The summed E-state index contributed by atoms with van der Waals surface area (Å²) in [4.78, 5) is 15.3. The molecule has 1 fully saturated rings. The van der Waals surface area contributed by atoms with Crippen molar-refractivity contribution in [2.45, 2.75) is 24.0 Å². The van der Waals surface area contributed by atoms with E-state index in [0.29, 0.717) is 13.1 Å². The third-order valence-corrected chi connectivity index (χ3v) is 6.65. The molecule has 0 spiro atoms. The van der Waals surface area contributed by atoms with Crippen molar-refractivity contribution in [1.29, 1.82) is 0 Å². The summed E-state index contributed by atoms with van der Waals surface area (Å²) >= 11 is 1.69. The number of ether oxygens (including phenoxy) is 1. The van der Waals surface area contributed by atoms with Gasteiger partial charge in [-0.3, -0.25) is 0 Å². The van der Waals surface area contributed by atoms with Crippen LogP contribution in [0.1, 0.15) is 6.92 Å². The summed E-state index contributed by atoms with van der Waals surface area (Å²) in [5.74, 6) is 0.680. The van der Waals surface area contributed by atoms with Gasteiger partial charge in [-0.25, -0.2) is 13.2 Å². The van der Waals surface area contributed by atoms with Crippen LogP contribution in [0.4, 0.5) is 4.79 Å². The second kappa shape index (κ2) is 8.73. The van der Waals surface area contributed by atoms with Gasteiger partial charge < -0.3 is 15.0 Å². The number of methoxy groups -OCH3 is 1. The molecule has 1 aromatic carbocycles. The minimum Gasteiger partial charge on any atom is -0.378 e. The first-order chi connectivity index (χ1) is 11.4. The van der Waals surface area contributed by atoms with Gasteiger partial charge in [-0.1, -0.05) is 18.2 Å². The SMILES string of the molecule is CCN(CCSc1ccccc1)C(=O)N[C@@H]1CS(=O)(=O)C[C@H]1OC. The lowest BCUT2D eigenvalue weighted by Crippen LogP contribution is -2.50. The Balaban J connectivity index is 1.84. The van der Waals surface area contributed by atoms with E-state index in [0.717, 1.165) is 10.6 Å². The molecule has 0 unspecified atom stereocenters. The topological polar surface area (TPSA) is 75.7 Å². The maximum Gasteiger partial charge on any atom is 0.317 e. The highest BCUT2D eigenvalue weighted by Gasteiger charge is 2.39. The smallest absolute Gasteiger partial charge is 0.317 e. The van der Waals surface area contributed by atoms with E-state index in [1.165, 1.54) is 7.11 Å². The van der Waals surface area contributed by atoms with Gasteiger partial charge in [0.1, 0.15) is 0 Å². The van der Waals surface area contributed by atoms with Crippen LogP contribution in [0.2, 0.25) is 0 Å². The molecule has 1 N–H and O–H groups in total. The number of nitrogens with one attached hydrogen (secondary N) is 1. The van der Waals surface area contributed by atoms with Crippen molar-refractivity contribution in [3.63, 3.8) is 0 Å². The fraction of sp³-hybridized carbons (Fsp3) is 0.562. The second-order valence-electron chi connectivity index (χ2n) is 5.65. The van der Waals surface area contributed by atoms with E-state index in [2.05, 4.69) is 5.32 Å². The Hall–Kier alpha value is -1.25. The van der Waals surface area contributed by atoms with Crippen LogP contribution in [0.5, 0.6) is 0 Å². The standard InChI is InChI=1S/C16H24N2O4S2/c1-3-18(9-10-23-13-7-5-4-6-8-13)16(19)17-14-11-24(20,21)12-15(14)22-2/h4-8,14-15H,3,9-12H2,1-2H3,(H,17,19)/t14-,15-/m1/s1. The van der Waals surface area contributed by atoms with Crippen LogP contribution in [0.3, 0.4) is 0 Å². The molecule has 0 bridgehead atoms. The Labute approximate surface area is 147 Å². The predicted octanol–water partition coefficient (Wildman–Crippen LogP) is 1.62. The summed E-state index contributed by atoms with van der Waals surface area (Å²) < 4.78 is 28.6. The number of urea groups is 1. The van der Waals surface area contributed by atoms with E-state index in [4.69, 9.17) is 4.74 Å². The second-order valence-corrected chi connectivity index (χ2v) is 8.97. The molecule has 1 saturated heterocycles. The van der Waals surface area contributed by atoms with E-state index in [1.54, 1.807) is 16.7 Å². The van der Waals surface area contributed by atoms with Crippen molar-refractivity contribution in [3.05, 3.63) is 30.3 Å². The summed E-state index contributed by atoms with van der Waals surface area (Å²) in [5, 5.41) is 2.81. The molecule has 8 heteroatoms. The van der Waals surface area contributed by atoms with Crippen molar-refractivity contribution in [2.24, 2.45) is 0 Å². The lowest BCUT2D eigenvalue weighted by atomic mass is 10.2. The van der Waals surface area contributed by atoms with E-state index >= 15 is 0 Å². The quantitative estimate of drug-likeness (QED) is 0.736. The van der Waals surface area contributed by atoms with Gasteiger partial charge in [0.15, 0.2) is 9.84 Å². The molecule has 1 aromatic rings. The molecular weight excluding hydrogens is 348 g/mol. The number of carbonyl (C=O) groups is 1. The average Bonchev–Trinajstić information content (AvgIpc) is 2.86. The highest BCUT2D eigenvalue weighted by molar-refractivity contribution is 7.99. The minimum atomic E-state index is -3.15. The largest absolute Gasteiger partial charge is 0.378 e. The molecular formula is C16H24N2O4S2. The number of rotatable bonds is 7. The molecule has 134 valence electrons. The van der Waals surface area contributed by atoms with E-state index < -0.39 is 22.0 Å². The van der Waals surface area contributed by atoms with Crippen LogP contribution >= 0.6 is 11.8 Å². The Morgan fingerprint density at radius 2 is 2.04 bits per heavy atom. The molecule has 0 aliphatic carbocycles. The fourth-order valence-corrected chi connectivity index (χ4v) is 5.37. The van der Waals surface area contributed by atoms with E-state index in [-0.39, 0.29) is 17.5 Å². The van der Waals surface area contributed by atoms with Crippen molar-refractivity contribution in [1.82, 2.24) is 10.2 Å². The van der Waals surface area contributed by atoms with Crippen LogP contribution in [0, 0.1) is 0 Å². The number of carbonyl (C=O) groups excluding carboxylic acids is 1. The van der Waals surface area contributed by atoms with Crippen LogP contribution in [-0.4, -0.2) is 69.0 Å². The zero-order chi connectivity index (χ0) is 17.6. The highest BCUT2D eigenvalue weighted by atomic mass is 32.2. The van der Waals surface area contributed by atoms with Crippen LogP contribution < -0.4 is 5.32 Å². The number of benzene rings is 1. The van der Waals surface area contributed by atoms with Gasteiger partial charge in [0, 0.05) is 30.8 Å². The monoisotopic (exact) mass is 372 g/mol. The first-order valence-corrected chi connectivity index (χ1v) is 10.7. The number of nitrogens with zero attached hydrogens (tertiary/aromatic N) is 1. The van der Waals surface area contributed by atoms with Crippen LogP contribution in [0.25, 0.3) is 0 Å². The molecule has 1 aliphatic heterocycles. The van der Waals surface area contributed by atoms with Crippen molar-refractivity contribution in [3.8, 4) is 0 Å². The number of thioether (sulfide) groups is 1. The Kier molecular flexibility index (Phi) is 6.94. The normalized spacial score (nSPS) is 22.2. The molecule has 0 aromatic heterocycles. The van der Waals surface area contributed by atoms with Crippen LogP contribution in [-0.2, 0) is 14.6 Å². The van der Waals surface area contributed by atoms with Crippen molar-refractivity contribution >= 4 is 27.6 Å². The number of sulfone groups is 1. The minimum absolute atomic E-state index is 0.0373. The molecule has 2 rings (SSSR count). The lowest BCUT2D eigenvalue weighted by Gasteiger charge is -2.25. The third-order valence-electron chi connectivity index (χ3n) is 3.95. The molecule has 1 heterocycles. The summed E-state index contributed by atoms with van der Waals surface area (Å²) in [6.07, 6.45) is -0.476. The maximum atomic E-state index is 12.4. The number of amides is 2. The van der Waals surface area contributed by atoms with Crippen LogP contribution in [0.15, 0.2) is 35.2 Å². The molecule has 6 nitrogen and oxygen atoms in total. The maximum absolute atomic E-state index is 12.4. The first-order valence-electron chi connectivity index (χ1n) is 7.91. The van der Waals surface area contributed by atoms with Gasteiger partial charge in [-0.15, -0.1) is 11.8 Å². The lowest BCUT2D eigenvalue weighted by molar-refractivity contribution is 0.0982. The van der Waals surface area contributed by atoms with Gasteiger partial charge in [0.25, 0.3) is 0 Å². The van der Waals surface area contributed by atoms with Gasteiger partial charge in [0.05, 0.1) is 23.7 Å². The molecule has 2 atom stereocenters. The third kappa shape index (κ3) is 5.39. The summed E-state index contributed by atoms with van der Waals surface area (Å²) in [6.45, 7) is 3.07. The Morgan fingerprint density at radius 3 is 2.67 bits per heavy atom. The molecule has 1 aliphatic rings. The fourth-order valence-electron chi connectivity index (χ4n) is 2.63. The summed E-state index contributed by atoms with van der Waals surface area (Å²) in [6, 6.07) is 9.29. The summed E-state index contributed by atoms with van der Waals surface area (Å²) in [5.41, 5.74) is 0. The van der Waals surface area contributed by atoms with Gasteiger partial charge in [-0.05, 0) is 19.1 Å². The molecule has 2 amide bonds. The van der Waals surface area contributed by atoms with Gasteiger partial charge in [0.2, 0.25) is 0 Å². The Morgan fingerprint density at radius 1 is 1.33 bits per heavy atom. The number of hydrogen-bond acceptors (Lipinski definition) is 5. The van der Waals surface area contributed by atoms with E-state index in [1.807, 2.05) is 37.3 Å². The van der Waals surface area contributed by atoms with Gasteiger partial charge >= 0.3 is 6.03 Å². The first kappa shape index (κ1) is 19.1. The zero-order valence-electron chi connectivity index (χ0n) is 14.0. The highest BCUT2D eigenvalue weighted by Crippen LogP contribution is 2.18. The zero-order valence-corrected chi connectivity index (χ0v) is 15.6. The summed E-state index contributed by atoms with van der Waals surface area (Å²) in [7, 11) is -1.68. The number of hydrogen-bond donors (Lipinski definition) is 1. The molecule has 0 saturated carbocycles. The molecule has 0 radical (unpaired) electrons. The Bertz CT molecular complexity index is 637.